The first kappa shape index (κ1) is 18.1. The largest absolute Gasteiger partial charge is 0.493 e. The maximum absolute atomic E-state index is 12.2. The van der Waals surface area contributed by atoms with Crippen LogP contribution in [0.25, 0.3) is 0 Å². The fraction of sp³-hybridized carbons (Fsp3) is 0.556. The van der Waals surface area contributed by atoms with E-state index in [1.165, 1.54) is 0 Å². The summed E-state index contributed by atoms with van der Waals surface area (Å²) in [5.74, 6) is 0.830. The minimum Gasteiger partial charge on any atom is -0.493 e. The van der Waals surface area contributed by atoms with Gasteiger partial charge in [0.1, 0.15) is 0 Å². The number of methoxy groups -OCH3 is 2. The number of rotatable bonds is 9. The van der Waals surface area contributed by atoms with E-state index in [0.717, 1.165) is 18.4 Å². The predicted octanol–water partition coefficient (Wildman–Crippen LogP) is 1.87. The normalized spacial score (nSPS) is 18.6. The molecule has 0 saturated heterocycles. The molecule has 0 spiro atoms. The van der Waals surface area contributed by atoms with Crippen molar-refractivity contribution in [1.29, 1.82) is 0 Å². The van der Waals surface area contributed by atoms with E-state index in [-0.39, 0.29) is 23.7 Å². The highest BCUT2D eigenvalue weighted by molar-refractivity contribution is 5.92. The summed E-state index contributed by atoms with van der Waals surface area (Å²) in [6, 6.07) is 5.52. The summed E-state index contributed by atoms with van der Waals surface area (Å²) in [5, 5.41) is 5.77. The smallest absolute Gasteiger partial charge is 0.224 e. The van der Waals surface area contributed by atoms with E-state index >= 15 is 0 Å². The zero-order valence-corrected chi connectivity index (χ0v) is 14.6. The molecule has 2 N–H and O–H groups in total. The van der Waals surface area contributed by atoms with Gasteiger partial charge in [0.15, 0.2) is 11.5 Å². The number of carbonyl (C=O) groups is 2. The van der Waals surface area contributed by atoms with Crippen molar-refractivity contribution >= 4 is 11.8 Å². The summed E-state index contributed by atoms with van der Waals surface area (Å²) in [4.78, 5) is 24.1. The number of hydrogen-bond donors (Lipinski definition) is 2. The minimum atomic E-state index is -0.202. The first-order valence-electron chi connectivity index (χ1n) is 8.37. The zero-order chi connectivity index (χ0) is 17.5. The van der Waals surface area contributed by atoms with Gasteiger partial charge in [0.25, 0.3) is 0 Å². The average Bonchev–Trinajstić information content (AvgIpc) is 3.40. The zero-order valence-electron chi connectivity index (χ0n) is 14.6. The molecule has 132 valence electrons. The Hall–Kier alpha value is -2.24. The van der Waals surface area contributed by atoms with Gasteiger partial charge < -0.3 is 20.1 Å². The third-order valence-electron chi connectivity index (χ3n) is 4.21. The molecule has 0 radical (unpaired) electrons. The van der Waals surface area contributed by atoms with E-state index < -0.39 is 0 Å². The lowest BCUT2D eigenvalue weighted by molar-refractivity contribution is -0.127. The van der Waals surface area contributed by atoms with Gasteiger partial charge in [-0.2, -0.15) is 0 Å². The fourth-order valence-electron chi connectivity index (χ4n) is 2.60. The van der Waals surface area contributed by atoms with Crippen molar-refractivity contribution in [2.45, 2.75) is 32.7 Å². The Morgan fingerprint density at radius 1 is 1.08 bits per heavy atom. The number of benzene rings is 1. The Labute approximate surface area is 142 Å². The molecule has 2 rings (SSSR count). The number of nitrogens with one attached hydrogen (secondary N) is 2. The summed E-state index contributed by atoms with van der Waals surface area (Å²) in [7, 11) is 3.16. The first-order valence-corrected chi connectivity index (χ1v) is 8.37. The van der Waals surface area contributed by atoms with Crippen LogP contribution in [0.2, 0.25) is 0 Å². The summed E-state index contributed by atoms with van der Waals surface area (Å²) in [5.41, 5.74) is 0.922. The van der Waals surface area contributed by atoms with E-state index in [9.17, 15) is 9.59 Å². The van der Waals surface area contributed by atoms with Gasteiger partial charge in [0, 0.05) is 13.1 Å². The van der Waals surface area contributed by atoms with Crippen LogP contribution in [0.4, 0.5) is 0 Å². The quantitative estimate of drug-likeness (QED) is 0.676. The molecule has 1 aliphatic carbocycles. The lowest BCUT2D eigenvalue weighted by atomic mass is 10.2. The number of unbranched alkanes of at least 4 members (excludes halogenated alkanes) is 1. The molecule has 2 amide bonds. The second kappa shape index (κ2) is 8.57. The molecule has 2 unspecified atom stereocenters. The van der Waals surface area contributed by atoms with Gasteiger partial charge >= 0.3 is 0 Å². The number of carbonyl (C=O) groups excluding carboxylic acids is 2. The van der Waals surface area contributed by atoms with Gasteiger partial charge in [-0.3, -0.25) is 9.59 Å². The Morgan fingerprint density at radius 3 is 2.38 bits per heavy atom. The molecular formula is C18H26N2O4. The number of ether oxygens (including phenoxy) is 2. The molecule has 1 fully saturated rings. The average molecular weight is 334 g/mol. The summed E-state index contributed by atoms with van der Waals surface area (Å²) < 4.78 is 10.4. The molecule has 1 aromatic rings. The molecule has 0 aromatic heterocycles. The van der Waals surface area contributed by atoms with E-state index in [4.69, 9.17) is 9.47 Å². The monoisotopic (exact) mass is 334 g/mol. The molecule has 2 atom stereocenters. The van der Waals surface area contributed by atoms with Crippen molar-refractivity contribution in [1.82, 2.24) is 10.6 Å². The molecule has 1 aromatic carbocycles. The van der Waals surface area contributed by atoms with Crippen LogP contribution in [0, 0.1) is 11.8 Å². The Bertz CT molecular complexity index is 588. The van der Waals surface area contributed by atoms with Gasteiger partial charge in [0.05, 0.1) is 26.1 Å². The summed E-state index contributed by atoms with van der Waals surface area (Å²) >= 11 is 0. The van der Waals surface area contributed by atoms with Gasteiger partial charge in [-0.15, -0.1) is 0 Å². The topological polar surface area (TPSA) is 76.7 Å². The van der Waals surface area contributed by atoms with Crippen LogP contribution >= 0.6 is 0 Å². The Balaban J connectivity index is 1.79. The molecule has 6 nitrogen and oxygen atoms in total. The second-order valence-corrected chi connectivity index (χ2v) is 6.00. The molecule has 0 heterocycles. The highest BCUT2D eigenvalue weighted by Gasteiger charge is 2.47. The molecule has 24 heavy (non-hydrogen) atoms. The van der Waals surface area contributed by atoms with Gasteiger partial charge in [0.2, 0.25) is 11.8 Å². The molecular weight excluding hydrogens is 308 g/mol. The van der Waals surface area contributed by atoms with Crippen LogP contribution in [-0.4, -0.2) is 32.6 Å². The fourth-order valence-corrected chi connectivity index (χ4v) is 2.60. The molecule has 1 saturated carbocycles. The molecule has 0 bridgehead atoms. The standard InChI is InChI=1S/C18H26N2O4/c1-4-5-8-19-17(21)13-10-14(13)18(22)20-11-12-6-7-15(23-2)16(9-12)24-3/h6-7,9,13-14H,4-5,8,10-11H2,1-3H3,(H,19,21)(H,20,22). The third-order valence-corrected chi connectivity index (χ3v) is 4.21. The van der Waals surface area contributed by atoms with Crippen LogP contribution in [0.5, 0.6) is 11.5 Å². The van der Waals surface area contributed by atoms with E-state index in [1.807, 2.05) is 12.1 Å². The van der Waals surface area contributed by atoms with Crippen LogP contribution in [0.1, 0.15) is 31.7 Å². The van der Waals surface area contributed by atoms with Gasteiger partial charge in [-0.25, -0.2) is 0 Å². The maximum Gasteiger partial charge on any atom is 0.224 e. The highest BCUT2D eigenvalue weighted by Crippen LogP contribution is 2.38. The second-order valence-electron chi connectivity index (χ2n) is 6.00. The van der Waals surface area contributed by atoms with Crippen molar-refractivity contribution in [2.75, 3.05) is 20.8 Å². The number of amides is 2. The lowest BCUT2D eigenvalue weighted by Gasteiger charge is -2.10. The summed E-state index contributed by atoms with van der Waals surface area (Å²) in [6.45, 7) is 3.17. The number of hydrogen-bond acceptors (Lipinski definition) is 4. The van der Waals surface area contributed by atoms with Crippen LogP contribution in [0.15, 0.2) is 18.2 Å². The van der Waals surface area contributed by atoms with Crippen molar-refractivity contribution in [3.05, 3.63) is 23.8 Å². The highest BCUT2D eigenvalue weighted by atomic mass is 16.5. The Kier molecular flexibility index (Phi) is 6.46. The van der Waals surface area contributed by atoms with Crippen LogP contribution < -0.4 is 20.1 Å². The minimum absolute atomic E-state index is 0.00489. The van der Waals surface area contributed by atoms with Crippen LogP contribution in [0.3, 0.4) is 0 Å². The molecule has 6 heteroatoms. The SMILES string of the molecule is CCCCNC(=O)C1CC1C(=O)NCc1ccc(OC)c(OC)c1. The Morgan fingerprint density at radius 2 is 1.75 bits per heavy atom. The predicted molar refractivity (Wildman–Crippen MR) is 90.9 cm³/mol. The molecule has 0 aliphatic heterocycles. The summed E-state index contributed by atoms with van der Waals surface area (Å²) in [6.07, 6.45) is 2.64. The third kappa shape index (κ3) is 4.63. The van der Waals surface area contributed by atoms with Crippen LogP contribution in [-0.2, 0) is 16.1 Å². The van der Waals surface area contributed by atoms with E-state index in [1.54, 1.807) is 20.3 Å². The van der Waals surface area contributed by atoms with Crippen molar-refractivity contribution in [2.24, 2.45) is 11.8 Å². The lowest BCUT2D eigenvalue weighted by Crippen LogP contribution is -2.30. The first-order chi connectivity index (χ1) is 11.6. The van der Waals surface area contributed by atoms with E-state index in [0.29, 0.717) is 31.0 Å². The van der Waals surface area contributed by atoms with E-state index in [2.05, 4.69) is 17.6 Å². The van der Waals surface area contributed by atoms with Crippen molar-refractivity contribution < 1.29 is 19.1 Å². The van der Waals surface area contributed by atoms with Gasteiger partial charge in [-0.05, 0) is 30.5 Å². The van der Waals surface area contributed by atoms with Crippen molar-refractivity contribution in [3.8, 4) is 11.5 Å². The van der Waals surface area contributed by atoms with Gasteiger partial charge in [-0.1, -0.05) is 19.4 Å². The molecule has 1 aliphatic rings. The maximum atomic E-state index is 12.2. The van der Waals surface area contributed by atoms with Crippen molar-refractivity contribution in [3.63, 3.8) is 0 Å².